The summed E-state index contributed by atoms with van der Waals surface area (Å²) >= 11 is 0. The van der Waals surface area contributed by atoms with E-state index in [0.29, 0.717) is 18.5 Å². The summed E-state index contributed by atoms with van der Waals surface area (Å²) < 4.78 is 0. The zero-order valence-corrected chi connectivity index (χ0v) is 10.6. The number of H-pyrrole nitrogens is 1. The molecule has 0 aromatic carbocycles. The maximum absolute atomic E-state index is 11.9. The van der Waals surface area contributed by atoms with Crippen molar-refractivity contribution in [2.24, 2.45) is 0 Å². The number of pyridine rings is 1. The third-order valence-electron chi connectivity index (χ3n) is 3.46. The highest BCUT2D eigenvalue weighted by Crippen LogP contribution is 2.28. The van der Waals surface area contributed by atoms with Crippen molar-refractivity contribution in [1.82, 2.24) is 20.5 Å². The van der Waals surface area contributed by atoms with Gasteiger partial charge in [-0.2, -0.15) is 5.10 Å². The number of amides is 2. The number of hydrogen-bond acceptors (Lipinski definition) is 4. The molecule has 1 aliphatic heterocycles. The van der Waals surface area contributed by atoms with Gasteiger partial charge in [0.05, 0.1) is 11.6 Å². The van der Waals surface area contributed by atoms with Crippen molar-refractivity contribution in [2.45, 2.75) is 32.1 Å². The number of carbonyl (C=O) groups is 2. The third-order valence-corrected chi connectivity index (χ3v) is 3.46. The Hall–Kier alpha value is -2.24. The number of imide groups is 1. The van der Waals surface area contributed by atoms with Crippen LogP contribution in [0.4, 0.5) is 0 Å². The summed E-state index contributed by atoms with van der Waals surface area (Å²) in [5.41, 5.74) is 2.34. The van der Waals surface area contributed by atoms with Crippen LogP contribution in [0, 0.1) is 0 Å². The van der Waals surface area contributed by atoms with Gasteiger partial charge in [-0.25, -0.2) is 4.98 Å². The van der Waals surface area contributed by atoms with Gasteiger partial charge in [-0.05, 0) is 25.0 Å². The number of nitrogens with one attached hydrogen (secondary N) is 2. The first-order chi connectivity index (χ1) is 9.19. The van der Waals surface area contributed by atoms with Gasteiger partial charge < -0.3 is 0 Å². The number of rotatable bonds is 2. The molecule has 2 amide bonds. The SMILES string of the molecule is CCc1ccc2c(C3CCC(=O)NC3=O)[nH]nc2n1. The standard InChI is InChI=1S/C13H14N4O2/c1-2-7-3-4-8-11(16-17-12(8)14-7)9-5-6-10(18)15-13(9)19/h3-4,9H,2,5-6H2,1H3,(H,14,16,17)(H,15,18,19). The van der Waals surface area contributed by atoms with E-state index in [0.717, 1.165) is 23.2 Å². The molecule has 0 saturated carbocycles. The van der Waals surface area contributed by atoms with Crippen molar-refractivity contribution in [3.63, 3.8) is 0 Å². The lowest BCUT2D eigenvalue weighted by Crippen LogP contribution is -2.39. The molecule has 1 saturated heterocycles. The smallest absolute Gasteiger partial charge is 0.235 e. The fourth-order valence-corrected chi connectivity index (χ4v) is 2.39. The van der Waals surface area contributed by atoms with Gasteiger partial charge >= 0.3 is 0 Å². The van der Waals surface area contributed by atoms with Gasteiger partial charge in [-0.3, -0.25) is 20.0 Å². The maximum Gasteiger partial charge on any atom is 0.235 e. The van der Waals surface area contributed by atoms with Crippen LogP contribution in [0.3, 0.4) is 0 Å². The Labute approximate surface area is 109 Å². The number of carbonyl (C=O) groups excluding carboxylic acids is 2. The van der Waals surface area contributed by atoms with Crippen LogP contribution in [-0.4, -0.2) is 27.0 Å². The molecule has 98 valence electrons. The molecule has 1 unspecified atom stereocenters. The highest BCUT2D eigenvalue weighted by molar-refractivity contribution is 6.02. The van der Waals surface area contributed by atoms with Gasteiger partial charge in [0.25, 0.3) is 0 Å². The second kappa shape index (κ2) is 4.46. The predicted molar refractivity (Wildman–Crippen MR) is 68.4 cm³/mol. The van der Waals surface area contributed by atoms with E-state index >= 15 is 0 Å². The second-order valence-electron chi connectivity index (χ2n) is 4.67. The summed E-state index contributed by atoms with van der Waals surface area (Å²) in [5, 5.41) is 10.3. The average Bonchev–Trinajstić information content (AvgIpc) is 2.81. The van der Waals surface area contributed by atoms with Crippen LogP contribution in [0.15, 0.2) is 12.1 Å². The first kappa shape index (κ1) is 11.8. The minimum Gasteiger partial charge on any atom is -0.296 e. The van der Waals surface area contributed by atoms with E-state index in [1.54, 1.807) is 0 Å². The number of aryl methyl sites for hydroxylation is 1. The topological polar surface area (TPSA) is 87.7 Å². The molecule has 19 heavy (non-hydrogen) atoms. The number of nitrogens with zero attached hydrogens (tertiary/aromatic N) is 2. The molecule has 0 radical (unpaired) electrons. The van der Waals surface area contributed by atoms with Gasteiger partial charge in [0.2, 0.25) is 11.8 Å². The van der Waals surface area contributed by atoms with Crippen molar-refractivity contribution in [1.29, 1.82) is 0 Å². The van der Waals surface area contributed by atoms with Gasteiger partial charge in [0.1, 0.15) is 0 Å². The van der Waals surface area contributed by atoms with Crippen LogP contribution < -0.4 is 5.32 Å². The summed E-state index contributed by atoms with van der Waals surface area (Å²) in [6.07, 6.45) is 1.71. The number of hydrogen-bond donors (Lipinski definition) is 2. The molecule has 6 nitrogen and oxygen atoms in total. The zero-order chi connectivity index (χ0) is 13.4. The van der Waals surface area contributed by atoms with E-state index in [4.69, 9.17) is 0 Å². The van der Waals surface area contributed by atoms with Crippen molar-refractivity contribution < 1.29 is 9.59 Å². The van der Waals surface area contributed by atoms with Crippen LogP contribution in [0.1, 0.15) is 37.1 Å². The lowest BCUT2D eigenvalue weighted by atomic mass is 9.93. The first-order valence-electron chi connectivity index (χ1n) is 6.36. The summed E-state index contributed by atoms with van der Waals surface area (Å²) in [7, 11) is 0. The van der Waals surface area contributed by atoms with E-state index in [-0.39, 0.29) is 17.7 Å². The normalized spacial score (nSPS) is 19.7. The molecule has 1 atom stereocenters. The van der Waals surface area contributed by atoms with Crippen molar-refractivity contribution in [2.75, 3.05) is 0 Å². The van der Waals surface area contributed by atoms with Crippen LogP contribution in [-0.2, 0) is 16.0 Å². The molecule has 0 aliphatic carbocycles. The van der Waals surface area contributed by atoms with Gasteiger partial charge in [0, 0.05) is 17.5 Å². The first-order valence-corrected chi connectivity index (χ1v) is 6.36. The molecule has 1 fully saturated rings. The second-order valence-corrected chi connectivity index (χ2v) is 4.67. The van der Waals surface area contributed by atoms with Gasteiger partial charge in [-0.15, -0.1) is 0 Å². The van der Waals surface area contributed by atoms with E-state index in [1.165, 1.54) is 0 Å². The maximum atomic E-state index is 11.9. The summed E-state index contributed by atoms with van der Waals surface area (Å²) in [4.78, 5) is 27.4. The minimum absolute atomic E-state index is 0.212. The minimum atomic E-state index is -0.350. The van der Waals surface area contributed by atoms with E-state index in [9.17, 15) is 9.59 Å². The molecule has 3 rings (SSSR count). The number of piperidine rings is 1. The van der Waals surface area contributed by atoms with Crippen LogP contribution >= 0.6 is 0 Å². The van der Waals surface area contributed by atoms with Gasteiger partial charge in [0.15, 0.2) is 5.65 Å². The zero-order valence-electron chi connectivity index (χ0n) is 10.6. The molecule has 3 heterocycles. The molecule has 0 spiro atoms. The van der Waals surface area contributed by atoms with Crippen molar-refractivity contribution in [3.8, 4) is 0 Å². The van der Waals surface area contributed by atoms with E-state index in [2.05, 4.69) is 20.5 Å². The highest BCUT2D eigenvalue weighted by atomic mass is 16.2. The Balaban J connectivity index is 2.01. The lowest BCUT2D eigenvalue weighted by Gasteiger charge is -2.19. The Morgan fingerprint density at radius 3 is 2.95 bits per heavy atom. The van der Waals surface area contributed by atoms with Crippen LogP contribution in [0.2, 0.25) is 0 Å². The number of aromatic amines is 1. The lowest BCUT2D eigenvalue weighted by molar-refractivity contribution is -0.134. The highest BCUT2D eigenvalue weighted by Gasteiger charge is 2.30. The molecular formula is C13H14N4O2. The van der Waals surface area contributed by atoms with Crippen LogP contribution in [0.25, 0.3) is 11.0 Å². The molecule has 2 N–H and O–H groups in total. The molecular weight excluding hydrogens is 244 g/mol. The summed E-state index contributed by atoms with van der Waals surface area (Å²) in [6.45, 7) is 2.03. The summed E-state index contributed by atoms with van der Waals surface area (Å²) in [5.74, 6) is -0.824. The average molecular weight is 258 g/mol. The molecule has 1 aliphatic rings. The fraction of sp³-hybridized carbons (Fsp3) is 0.385. The number of fused-ring (bicyclic) bond motifs is 1. The Bertz CT molecular complexity index is 662. The molecule has 2 aromatic heterocycles. The quantitative estimate of drug-likeness (QED) is 0.788. The van der Waals surface area contributed by atoms with E-state index < -0.39 is 0 Å². The Morgan fingerprint density at radius 2 is 2.21 bits per heavy atom. The van der Waals surface area contributed by atoms with Crippen LogP contribution in [0.5, 0.6) is 0 Å². The molecule has 2 aromatic rings. The van der Waals surface area contributed by atoms with Crippen molar-refractivity contribution in [3.05, 3.63) is 23.5 Å². The summed E-state index contributed by atoms with van der Waals surface area (Å²) in [6, 6.07) is 3.87. The monoisotopic (exact) mass is 258 g/mol. The largest absolute Gasteiger partial charge is 0.296 e. The number of aromatic nitrogens is 3. The van der Waals surface area contributed by atoms with Gasteiger partial charge in [-0.1, -0.05) is 6.92 Å². The fourth-order valence-electron chi connectivity index (χ4n) is 2.39. The van der Waals surface area contributed by atoms with E-state index in [1.807, 2.05) is 19.1 Å². The molecule has 6 heteroatoms. The Kier molecular flexibility index (Phi) is 2.77. The molecule has 0 bridgehead atoms. The van der Waals surface area contributed by atoms with Crippen molar-refractivity contribution >= 4 is 22.8 Å². The predicted octanol–water partition coefficient (Wildman–Crippen LogP) is 1.04. The Morgan fingerprint density at radius 1 is 1.37 bits per heavy atom. The third kappa shape index (κ3) is 1.99.